The molecule has 1 amide bonds. The van der Waals surface area contributed by atoms with E-state index in [0.717, 1.165) is 5.56 Å². The van der Waals surface area contributed by atoms with Crippen LogP contribution < -0.4 is 16.4 Å². The van der Waals surface area contributed by atoms with Crippen molar-refractivity contribution in [3.05, 3.63) is 82.3 Å². The van der Waals surface area contributed by atoms with Gasteiger partial charge >= 0.3 is 5.97 Å². The number of nitrogen functional groups attached to an aromatic ring is 1. The summed E-state index contributed by atoms with van der Waals surface area (Å²) in [6.07, 6.45) is 2.19. The Bertz CT molecular complexity index is 1290. The first-order valence-electron chi connectivity index (χ1n) is 11.3. The molecule has 0 bridgehead atoms. The minimum Gasteiger partial charge on any atom is -0.468 e. The zero-order valence-corrected chi connectivity index (χ0v) is 20.3. The third-order valence-electron chi connectivity index (χ3n) is 6.29. The highest BCUT2D eigenvalue weighted by Gasteiger charge is 2.31. The number of pyridine rings is 1. The van der Waals surface area contributed by atoms with Gasteiger partial charge in [0.05, 0.1) is 25.3 Å². The Labute approximate surface area is 212 Å². The van der Waals surface area contributed by atoms with Crippen molar-refractivity contribution in [1.82, 2.24) is 15.6 Å². The molecule has 1 saturated heterocycles. The predicted molar refractivity (Wildman–Crippen MR) is 134 cm³/mol. The summed E-state index contributed by atoms with van der Waals surface area (Å²) in [4.78, 5) is 28.9. The van der Waals surface area contributed by atoms with E-state index in [1.807, 2.05) is 6.07 Å². The summed E-state index contributed by atoms with van der Waals surface area (Å²) in [5, 5.41) is 16.0. The SMILES string of the molecule is COC(=O)C1CC(c2cnc(N)c(-c3ccc(C(=O)NC(CO)c4cccc(Cl)c4)c(F)c3)c2)CN1. The van der Waals surface area contributed by atoms with Crippen LogP contribution >= 0.6 is 11.6 Å². The standard InChI is InChI=1S/C26H26ClFN4O4/c1-36-26(35)22-10-17(11-30-22)16-8-20(24(29)31-12-16)14-5-6-19(21(28)9-14)25(34)32-23(13-33)15-3-2-4-18(27)7-15/h2-9,12,17,22-23,30,33H,10-11,13H2,1H3,(H2,29,31)(H,32,34). The molecule has 0 spiro atoms. The lowest BCUT2D eigenvalue weighted by molar-refractivity contribution is -0.142. The monoisotopic (exact) mass is 512 g/mol. The fourth-order valence-corrected chi connectivity index (χ4v) is 4.52. The third kappa shape index (κ3) is 5.48. The fraction of sp³-hybridized carbons (Fsp3) is 0.269. The van der Waals surface area contributed by atoms with Crippen molar-refractivity contribution in [2.24, 2.45) is 0 Å². The second-order valence-electron chi connectivity index (χ2n) is 8.58. The molecule has 1 fully saturated rings. The van der Waals surface area contributed by atoms with Gasteiger partial charge in [0, 0.05) is 23.3 Å². The van der Waals surface area contributed by atoms with Gasteiger partial charge in [-0.2, -0.15) is 0 Å². The minimum atomic E-state index is -0.749. The van der Waals surface area contributed by atoms with E-state index in [2.05, 4.69) is 15.6 Å². The number of carbonyl (C=O) groups is 2. The van der Waals surface area contributed by atoms with Crippen LogP contribution in [0.3, 0.4) is 0 Å². The maximum Gasteiger partial charge on any atom is 0.322 e. The molecule has 0 radical (unpaired) electrons. The second-order valence-corrected chi connectivity index (χ2v) is 9.01. The Kier molecular flexibility index (Phi) is 7.83. The van der Waals surface area contributed by atoms with E-state index in [4.69, 9.17) is 22.1 Å². The van der Waals surface area contributed by atoms with Gasteiger partial charge in [-0.1, -0.05) is 29.8 Å². The smallest absolute Gasteiger partial charge is 0.322 e. The number of aliphatic hydroxyl groups excluding tert-OH is 1. The van der Waals surface area contributed by atoms with Crippen LogP contribution in [0.25, 0.3) is 11.1 Å². The van der Waals surface area contributed by atoms with Crippen molar-refractivity contribution in [3.63, 3.8) is 0 Å². The third-order valence-corrected chi connectivity index (χ3v) is 6.53. The van der Waals surface area contributed by atoms with Crippen LogP contribution in [0.1, 0.15) is 39.9 Å². The number of nitrogens with two attached hydrogens (primary N) is 1. The van der Waals surface area contributed by atoms with Crippen LogP contribution in [0.5, 0.6) is 0 Å². The molecule has 2 aromatic carbocycles. The van der Waals surface area contributed by atoms with Crippen molar-refractivity contribution in [2.75, 3.05) is 26.0 Å². The van der Waals surface area contributed by atoms with Crippen LogP contribution in [-0.2, 0) is 9.53 Å². The molecule has 3 atom stereocenters. The number of carbonyl (C=O) groups excluding carboxylic acids is 2. The number of halogens is 2. The Morgan fingerprint density at radius 2 is 2.11 bits per heavy atom. The summed E-state index contributed by atoms with van der Waals surface area (Å²) in [6.45, 7) is 0.185. The number of rotatable bonds is 7. The average molecular weight is 513 g/mol. The molecular formula is C26H26ClFN4O4. The number of amides is 1. The van der Waals surface area contributed by atoms with E-state index in [0.29, 0.717) is 34.7 Å². The normalized spacial score (nSPS) is 18.0. The lowest BCUT2D eigenvalue weighted by atomic mass is 9.94. The van der Waals surface area contributed by atoms with Crippen LogP contribution in [0, 0.1) is 5.82 Å². The Balaban J connectivity index is 1.54. The number of aromatic nitrogens is 1. The molecule has 1 aliphatic heterocycles. The lowest BCUT2D eigenvalue weighted by Crippen LogP contribution is -2.31. The number of hydrogen-bond acceptors (Lipinski definition) is 7. The maximum atomic E-state index is 15.1. The zero-order valence-electron chi connectivity index (χ0n) is 19.5. The molecule has 10 heteroatoms. The average Bonchev–Trinajstić information content (AvgIpc) is 3.37. The van der Waals surface area contributed by atoms with Crippen molar-refractivity contribution in [1.29, 1.82) is 0 Å². The number of benzene rings is 2. The molecule has 188 valence electrons. The van der Waals surface area contributed by atoms with E-state index < -0.39 is 23.8 Å². The number of nitrogens with one attached hydrogen (secondary N) is 2. The number of esters is 1. The quantitative estimate of drug-likeness (QED) is 0.358. The first kappa shape index (κ1) is 25.6. The maximum absolute atomic E-state index is 15.1. The van der Waals surface area contributed by atoms with Gasteiger partial charge in [0.15, 0.2) is 0 Å². The van der Waals surface area contributed by atoms with Crippen molar-refractivity contribution < 1.29 is 23.8 Å². The molecule has 3 unspecified atom stereocenters. The summed E-state index contributed by atoms with van der Waals surface area (Å²) in [5.41, 5.74) is 8.34. The summed E-state index contributed by atoms with van der Waals surface area (Å²) >= 11 is 6.00. The molecule has 5 N–H and O–H groups in total. The largest absolute Gasteiger partial charge is 0.468 e. The lowest BCUT2D eigenvalue weighted by Gasteiger charge is -2.18. The fourth-order valence-electron chi connectivity index (χ4n) is 4.32. The molecule has 3 aromatic rings. The van der Waals surface area contributed by atoms with Gasteiger partial charge in [-0.15, -0.1) is 0 Å². The number of anilines is 1. The highest BCUT2D eigenvalue weighted by molar-refractivity contribution is 6.30. The Hall–Kier alpha value is -3.53. The first-order chi connectivity index (χ1) is 17.3. The number of nitrogens with zero attached hydrogens (tertiary/aromatic N) is 1. The van der Waals surface area contributed by atoms with Crippen molar-refractivity contribution in [2.45, 2.75) is 24.4 Å². The van der Waals surface area contributed by atoms with Gasteiger partial charge < -0.3 is 26.2 Å². The Morgan fingerprint density at radius 3 is 2.81 bits per heavy atom. The van der Waals surface area contributed by atoms with E-state index in [1.165, 1.54) is 19.2 Å². The summed E-state index contributed by atoms with van der Waals surface area (Å²) < 4.78 is 19.9. The molecule has 0 aliphatic carbocycles. The zero-order chi connectivity index (χ0) is 25.8. The van der Waals surface area contributed by atoms with E-state index in [9.17, 15) is 14.7 Å². The Morgan fingerprint density at radius 1 is 1.31 bits per heavy atom. The van der Waals surface area contributed by atoms with Gasteiger partial charge in [0.1, 0.15) is 17.7 Å². The van der Waals surface area contributed by atoms with E-state index in [1.54, 1.807) is 36.5 Å². The second kappa shape index (κ2) is 11.0. The van der Waals surface area contributed by atoms with Crippen LogP contribution in [-0.4, -0.2) is 48.3 Å². The van der Waals surface area contributed by atoms with Crippen molar-refractivity contribution >= 4 is 29.3 Å². The number of hydrogen-bond donors (Lipinski definition) is 4. The summed E-state index contributed by atoms with van der Waals surface area (Å²) in [7, 11) is 1.35. The topological polar surface area (TPSA) is 127 Å². The van der Waals surface area contributed by atoms with Crippen LogP contribution in [0.4, 0.5) is 10.2 Å². The van der Waals surface area contributed by atoms with Crippen molar-refractivity contribution in [3.8, 4) is 11.1 Å². The summed E-state index contributed by atoms with van der Waals surface area (Å²) in [6, 6.07) is 11.6. The highest BCUT2D eigenvalue weighted by atomic mass is 35.5. The molecule has 8 nitrogen and oxygen atoms in total. The molecule has 1 aromatic heterocycles. The molecular weight excluding hydrogens is 487 g/mol. The van der Waals surface area contributed by atoms with Gasteiger partial charge in [0.25, 0.3) is 5.91 Å². The van der Waals surface area contributed by atoms with E-state index in [-0.39, 0.29) is 29.9 Å². The molecule has 1 aliphatic rings. The highest BCUT2D eigenvalue weighted by Crippen LogP contribution is 2.32. The van der Waals surface area contributed by atoms with Gasteiger partial charge in [-0.05, 0) is 59.4 Å². The molecule has 36 heavy (non-hydrogen) atoms. The van der Waals surface area contributed by atoms with Crippen LogP contribution in [0.2, 0.25) is 5.02 Å². The predicted octanol–water partition coefficient (Wildman–Crippen LogP) is 3.21. The van der Waals surface area contributed by atoms with Gasteiger partial charge in [-0.25, -0.2) is 9.37 Å². The van der Waals surface area contributed by atoms with E-state index >= 15 is 4.39 Å². The molecule has 4 rings (SSSR count). The number of ether oxygens (including phenoxy) is 1. The minimum absolute atomic E-state index is 0.0118. The number of aliphatic hydroxyl groups is 1. The molecule has 2 heterocycles. The number of methoxy groups -OCH3 is 1. The van der Waals surface area contributed by atoms with Gasteiger partial charge in [-0.3, -0.25) is 9.59 Å². The van der Waals surface area contributed by atoms with Gasteiger partial charge in [0.2, 0.25) is 0 Å². The van der Waals surface area contributed by atoms with Crippen LogP contribution in [0.15, 0.2) is 54.7 Å². The summed E-state index contributed by atoms with van der Waals surface area (Å²) in [5.74, 6) is -1.52. The first-order valence-corrected chi connectivity index (χ1v) is 11.7. The molecule has 0 saturated carbocycles.